The molecule has 2 rings (SSSR count). The summed E-state index contributed by atoms with van der Waals surface area (Å²) in [7, 11) is 1.97. The van der Waals surface area contributed by atoms with Gasteiger partial charge in [0.15, 0.2) is 0 Å². The molecular formula is C13H13Cl2N3. The molecule has 0 fully saturated rings. The summed E-state index contributed by atoms with van der Waals surface area (Å²) in [4.78, 5) is 10.4. The highest BCUT2D eigenvalue weighted by molar-refractivity contribution is 6.32. The number of aromatic nitrogens is 2. The summed E-state index contributed by atoms with van der Waals surface area (Å²) < 4.78 is 0. The van der Waals surface area contributed by atoms with E-state index in [9.17, 15) is 0 Å². The lowest BCUT2D eigenvalue weighted by Gasteiger charge is -2.18. The summed E-state index contributed by atoms with van der Waals surface area (Å²) in [5.41, 5.74) is 2.02. The van der Waals surface area contributed by atoms with E-state index in [4.69, 9.17) is 23.2 Å². The van der Waals surface area contributed by atoms with Gasteiger partial charge >= 0.3 is 0 Å². The van der Waals surface area contributed by atoms with Crippen LogP contribution in [0.3, 0.4) is 0 Å². The van der Waals surface area contributed by atoms with Crippen LogP contribution in [0.1, 0.15) is 11.1 Å². The molecule has 0 unspecified atom stereocenters. The number of hydrogen-bond acceptors (Lipinski definition) is 3. The predicted octanol–water partition coefficient (Wildman–Crippen LogP) is 3.51. The molecule has 0 atom stereocenters. The molecule has 0 amide bonds. The van der Waals surface area contributed by atoms with Crippen LogP contribution in [0.15, 0.2) is 36.8 Å². The van der Waals surface area contributed by atoms with Crippen molar-refractivity contribution in [2.45, 2.75) is 12.4 Å². The summed E-state index contributed by atoms with van der Waals surface area (Å²) in [5, 5.41) is 0.600. The largest absolute Gasteiger partial charge is 0.355 e. The third-order valence-electron chi connectivity index (χ3n) is 2.60. The number of halogens is 2. The van der Waals surface area contributed by atoms with E-state index in [0.717, 1.165) is 23.5 Å². The highest BCUT2D eigenvalue weighted by Crippen LogP contribution is 2.22. The maximum absolute atomic E-state index is 5.99. The van der Waals surface area contributed by atoms with Gasteiger partial charge in [-0.3, -0.25) is 4.98 Å². The summed E-state index contributed by atoms with van der Waals surface area (Å²) in [6.45, 7) is 0.740. The third-order valence-corrected chi connectivity index (χ3v) is 3.23. The Hall–Kier alpha value is -1.32. The van der Waals surface area contributed by atoms with Gasteiger partial charge < -0.3 is 4.90 Å². The fourth-order valence-corrected chi connectivity index (χ4v) is 2.09. The minimum absolute atomic E-state index is 0.384. The average molecular weight is 282 g/mol. The van der Waals surface area contributed by atoms with E-state index >= 15 is 0 Å². The average Bonchev–Trinajstić information content (AvgIpc) is 2.40. The molecule has 0 aliphatic rings. The third kappa shape index (κ3) is 3.12. The minimum atomic E-state index is 0.384. The van der Waals surface area contributed by atoms with Crippen molar-refractivity contribution in [2.75, 3.05) is 11.9 Å². The Morgan fingerprint density at radius 3 is 2.83 bits per heavy atom. The molecule has 0 aliphatic carbocycles. The highest BCUT2D eigenvalue weighted by atomic mass is 35.5. The van der Waals surface area contributed by atoms with Crippen LogP contribution >= 0.6 is 23.2 Å². The van der Waals surface area contributed by atoms with Gasteiger partial charge in [0.05, 0.1) is 5.02 Å². The van der Waals surface area contributed by atoms with Crippen LogP contribution in [0, 0.1) is 0 Å². The summed E-state index contributed by atoms with van der Waals surface area (Å²) in [5.74, 6) is 1.23. The van der Waals surface area contributed by atoms with Crippen LogP contribution in [0.5, 0.6) is 0 Å². The molecule has 0 saturated carbocycles. The number of anilines is 1. The summed E-state index contributed by atoms with van der Waals surface area (Å²) >= 11 is 11.8. The molecule has 0 bridgehead atoms. The smallest absolute Gasteiger partial charge is 0.128 e. The minimum Gasteiger partial charge on any atom is -0.355 e. The highest BCUT2D eigenvalue weighted by Gasteiger charge is 2.07. The predicted molar refractivity (Wildman–Crippen MR) is 75.1 cm³/mol. The topological polar surface area (TPSA) is 29.0 Å². The van der Waals surface area contributed by atoms with E-state index in [1.807, 2.05) is 36.3 Å². The molecular weight excluding hydrogens is 269 g/mol. The molecule has 2 aromatic rings. The Bertz CT molecular complexity index is 517. The zero-order valence-corrected chi connectivity index (χ0v) is 11.5. The van der Waals surface area contributed by atoms with Gasteiger partial charge in [-0.25, -0.2) is 4.98 Å². The fraction of sp³-hybridized carbons (Fsp3) is 0.231. The zero-order valence-electron chi connectivity index (χ0n) is 9.98. The van der Waals surface area contributed by atoms with Crippen LogP contribution in [0.25, 0.3) is 0 Å². The van der Waals surface area contributed by atoms with Crippen LogP contribution < -0.4 is 4.90 Å². The van der Waals surface area contributed by atoms with E-state index in [1.165, 1.54) is 0 Å². The second kappa shape index (κ2) is 6.03. The quantitative estimate of drug-likeness (QED) is 0.804. The second-order valence-electron chi connectivity index (χ2n) is 3.98. The number of nitrogens with zero attached hydrogens (tertiary/aromatic N) is 3. The van der Waals surface area contributed by atoms with E-state index < -0.39 is 0 Å². The SMILES string of the molecule is CN(Cc1cccnc1)c1cc(CCl)c(Cl)cn1. The maximum Gasteiger partial charge on any atom is 0.128 e. The van der Waals surface area contributed by atoms with E-state index in [-0.39, 0.29) is 0 Å². The lowest BCUT2D eigenvalue weighted by Crippen LogP contribution is -2.17. The van der Waals surface area contributed by atoms with Crippen molar-refractivity contribution in [3.8, 4) is 0 Å². The van der Waals surface area contributed by atoms with Gasteiger partial charge in [-0.1, -0.05) is 17.7 Å². The van der Waals surface area contributed by atoms with Crippen molar-refractivity contribution >= 4 is 29.0 Å². The Labute approximate surface area is 116 Å². The summed E-state index contributed by atoms with van der Waals surface area (Å²) in [6, 6.07) is 5.86. The fourth-order valence-electron chi connectivity index (χ4n) is 1.63. The van der Waals surface area contributed by atoms with Crippen LogP contribution in [-0.4, -0.2) is 17.0 Å². The lowest BCUT2D eigenvalue weighted by molar-refractivity contribution is 0.890. The van der Waals surface area contributed by atoms with Gasteiger partial charge in [-0.2, -0.15) is 0 Å². The molecule has 94 valence electrons. The lowest BCUT2D eigenvalue weighted by atomic mass is 10.2. The van der Waals surface area contributed by atoms with Gasteiger partial charge in [0.2, 0.25) is 0 Å². The first kappa shape index (κ1) is 13.1. The number of hydrogen-bond donors (Lipinski definition) is 0. The summed E-state index contributed by atoms with van der Waals surface area (Å²) in [6.07, 6.45) is 5.23. The van der Waals surface area contributed by atoms with Crippen molar-refractivity contribution in [1.29, 1.82) is 0 Å². The molecule has 0 aliphatic heterocycles. The van der Waals surface area contributed by atoms with Crippen molar-refractivity contribution in [3.05, 3.63) is 52.9 Å². The van der Waals surface area contributed by atoms with Crippen molar-refractivity contribution in [2.24, 2.45) is 0 Å². The van der Waals surface area contributed by atoms with Gasteiger partial charge in [0, 0.05) is 38.1 Å². The normalized spacial score (nSPS) is 10.4. The molecule has 0 N–H and O–H groups in total. The van der Waals surface area contributed by atoms with Crippen LogP contribution in [-0.2, 0) is 12.4 Å². The second-order valence-corrected chi connectivity index (χ2v) is 4.66. The zero-order chi connectivity index (χ0) is 13.0. The van der Waals surface area contributed by atoms with E-state index in [2.05, 4.69) is 9.97 Å². The first-order chi connectivity index (χ1) is 8.70. The van der Waals surface area contributed by atoms with Gasteiger partial charge in [0.1, 0.15) is 5.82 Å². The Morgan fingerprint density at radius 1 is 1.33 bits per heavy atom. The number of rotatable bonds is 4. The van der Waals surface area contributed by atoms with Crippen molar-refractivity contribution in [1.82, 2.24) is 9.97 Å². The Balaban J connectivity index is 2.16. The molecule has 0 spiro atoms. The Kier molecular flexibility index (Phi) is 4.39. The van der Waals surface area contributed by atoms with Gasteiger partial charge in [-0.05, 0) is 23.3 Å². The number of pyridine rings is 2. The molecule has 0 aromatic carbocycles. The molecule has 2 aromatic heterocycles. The molecule has 2 heterocycles. The van der Waals surface area contributed by atoms with E-state index in [1.54, 1.807) is 12.4 Å². The molecule has 0 radical (unpaired) electrons. The molecule has 0 saturated heterocycles. The molecule has 5 heteroatoms. The van der Waals surface area contributed by atoms with E-state index in [0.29, 0.717) is 10.9 Å². The van der Waals surface area contributed by atoms with Gasteiger partial charge in [0.25, 0.3) is 0 Å². The first-order valence-corrected chi connectivity index (χ1v) is 6.42. The van der Waals surface area contributed by atoms with Crippen molar-refractivity contribution in [3.63, 3.8) is 0 Å². The van der Waals surface area contributed by atoms with Gasteiger partial charge in [-0.15, -0.1) is 11.6 Å². The van der Waals surface area contributed by atoms with Crippen LogP contribution in [0.4, 0.5) is 5.82 Å². The molecule has 3 nitrogen and oxygen atoms in total. The Morgan fingerprint density at radius 2 is 2.17 bits per heavy atom. The first-order valence-electron chi connectivity index (χ1n) is 5.51. The maximum atomic E-state index is 5.99. The van der Waals surface area contributed by atoms with Crippen LogP contribution in [0.2, 0.25) is 5.02 Å². The standard InChI is InChI=1S/C13H13Cl2N3/c1-18(9-10-3-2-4-16-7-10)13-5-11(6-14)12(15)8-17-13/h2-5,7-8H,6,9H2,1H3. The monoisotopic (exact) mass is 281 g/mol. The van der Waals surface area contributed by atoms with Crippen molar-refractivity contribution < 1.29 is 0 Å². The molecule has 18 heavy (non-hydrogen) atoms. The number of alkyl halides is 1.